The van der Waals surface area contributed by atoms with Gasteiger partial charge in [0.1, 0.15) is 11.5 Å². The van der Waals surface area contributed by atoms with Crippen molar-refractivity contribution in [3.63, 3.8) is 0 Å². The molecular formula is C20H21F3N8. The quantitative estimate of drug-likeness (QED) is 0.615. The maximum atomic E-state index is 13.1. The maximum Gasteiger partial charge on any atom is 0.434 e. The fourth-order valence-corrected chi connectivity index (χ4v) is 4.02. The largest absolute Gasteiger partial charge is 0.434 e. The lowest BCUT2D eigenvalue weighted by Crippen LogP contribution is -2.45. The van der Waals surface area contributed by atoms with E-state index in [2.05, 4.69) is 24.8 Å². The molecule has 0 radical (unpaired) electrons. The summed E-state index contributed by atoms with van der Waals surface area (Å²) in [7, 11) is 0. The highest BCUT2D eigenvalue weighted by Crippen LogP contribution is 2.32. The standard InChI is InChI=1S/C20H21F3N8/c1-12-14(13(7-24)8-25)3-2-6-30(12)17-4-5-26-19(29-17)15-9-28-18-10-27-16(11-31(15)18)20(21,22)23/h4-5,7-12,14,24H,2-3,6,25H2,1H3/b13-8+,24-7?. The molecule has 3 aromatic rings. The molecule has 31 heavy (non-hydrogen) atoms. The minimum atomic E-state index is -4.57. The summed E-state index contributed by atoms with van der Waals surface area (Å²) in [6, 6.07) is 1.81. The van der Waals surface area contributed by atoms with E-state index >= 15 is 0 Å². The first kappa shape index (κ1) is 20.8. The normalized spacial score (nSPS) is 20.3. The molecule has 0 aromatic carbocycles. The van der Waals surface area contributed by atoms with Gasteiger partial charge in [0, 0.05) is 37.1 Å². The molecule has 0 saturated carbocycles. The molecular weight excluding hydrogens is 409 g/mol. The highest BCUT2D eigenvalue weighted by molar-refractivity contribution is 5.76. The summed E-state index contributed by atoms with van der Waals surface area (Å²) in [6.07, 6.45) is 4.97. The Hall–Kier alpha value is -3.50. The van der Waals surface area contributed by atoms with Crippen LogP contribution in [0.5, 0.6) is 0 Å². The van der Waals surface area contributed by atoms with Gasteiger partial charge < -0.3 is 16.0 Å². The van der Waals surface area contributed by atoms with E-state index in [-0.39, 0.29) is 23.4 Å². The van der Waals surface area contributed by atoms with Crippen molar-refractivity contribution in [1.29, 1.82) is 5.41 Å². The Balaban J connectivity index is 1.71. The van der Waals surface area contributed by atoms with E-state index in [1.807, 2.05) is 6.92 Å². The fourth-order valence-electron chi connectivity index (χ4n) is 4.02. The number of hydrogen-bond donors (Lipinski definition) is 2. The molecule has 11 heteroatoms. The van der Waals surface area contributed by atoms with E-state index < -0.39 is 11.9 Å². The lowest BCUT2D eigenvalue weighted by molar-refractivity contribution is -0.141. The molecule has 1 saturated heterocycles. The zero-order valence-corrected chi connectivity index (χ0v) is 16.7. The van der Waals surface area contributed by atoms with Crippen molar-refractivity contribution in [3.8, 4) is 11.5 Å². The van der Waals surface area contributed by atoms with E-state index in [0.717, 1.165) is 37.4 Å². The van der Waals surface area contributed by atoms with Gasteiger partial charge in [-0.2, -0.15) is 13.2 Å². The number of nitrogens with two attached hydrogens (primary N) is 1. The number of hydrogen-bond acceptors (Lipinski definition) is 7. The molecule has 1 fully saturated rings. The summed E-state index contributed by atoms with van der Waals surface area (Å²) < 4.78 is 40.6. The molecule has 162 valence electrons. The first-order chi connectivity index (χ1) is 14.8. The van der Waals surface area contributed by atoms with Gasteiger partial charge in [-0.15, -0.1) is 0 Å². The van der Waals surface area contributed by atoms with Crippen LogP contribution in [0.15, 0.2) is 42.6 Å². The second-order valence-corrected chi connectivity index (χ2v) is 7.37. The summed E-state index contributed by atoms with van der Waals surface area (Å²) in [5.74, 6) is 1.01. The van der Waals surface area contributed by atoms with E-state index in [0.29, 0.717) is 11.5 Å². The molecule has 2 unspecified atom stereocenters. The van der Waals surface area contributed by atoms with Crippen molar-refractivity contribution in [2.45, 2.75) is 32.0 Å². The second kappa shape index (κ2) is 7.97. The minimum absolute atomic E-state index is 0.0381. The number of anilines is 1. The predicted octanol–water partition coefficient (Wildman–Crippen LogP) is 3.30. The topological polar surface area (TPSA) is 109 Å². The SMILES string of the molecule is CC1C(/C(C=N)=C/N)CCCN1c1ccnc(-c2cnc3cnc(C(F)(F)F)cn23)n1. The summed E-state index contributed by atoms with van der Waals surface area (Å²) in [5.41, 5.74) is 6.05. The molecule has 4 heterocycles. The van der Waals surface area contributed by atoms with Crippen molar-refractivity contribution in [1.82, 2.24) is 24.3 Å². The average Bonchev–Trinajstić information content (AvgIpc) is 3.18. The third-order valence-corrected chi connectivity index (χ3v) is 5.63. The van der Waals surface area contributed by atoms with Crippen molar-refractivity contribution in [2.75, 3.05) is 11.4 Å². The minimum Gasteiger partial charge on any atom is -0.404 e. The summed E-state index contributed by atoms with van der Waals surface area (Å²) >= 11 is 0. The van der Waals surface area contributed by atoms with Gasteiger partial charge in [0.2, 0.25) is 0 Å². The van der Waals surface area contributed by atoms with Gasteiger partial charge in [-0.25, -0.2) is 19.9 Å². The molecule has 0 amide bonds. The zero-order chi connectivity index (χ0) is 22.2. The van der Waals surface area contributed by atoms with Gasteiger partial charge >= 0.3 is 6.18 Å². The first-order valence-corrected chi connectivity index (χ1v) is 9.76. The molecule has 1 aliphatic rings. The van der Waals surface area contributed by atoms with Crippen LogP contribution in [0.25, 0.3) is 17.2 Å². The molecule has 0 spiro atoms. The number of rotatable bonds is 4. The first-order valence-electron chi connectivity index (χ1n) is 9.76. The Morgan fingerprint density at radius 1 is 1.26 bits per heavy atom. The number of fused-ring (bicyclic) bond motifs is 1. The van der Waals surface area contributed by atoms with Crippen LogP contribution in [0.4, 0.5) is 19.0 Å². The smallest absolute Gasteiger partial charge is 0.404 e. The van der Waals surface area contributed by atoms with Crippen LogP contribution in [-0.4, -0.2) is 43.1 Å². The van der Waals surface area contributed by atoms with Gasteiger partial charge in [-0.1, -0.05) is 0 Å². The summed E-state index contributed by atoms with van der Waals surface area (Å²) in [4.78, 5) is 18.6. The molecule has 8 nitrogen and oxygen atoms in total. The number of alkyl halides is 3. The Kier molecular flexibility index (Phi) is 5.34. The second-order valence-electron chi connectivity index (χ2n) is 7.37. The van der Waals surface area contributed by atoms with E-state index in [4.69, 9.17) is 11.1 Å². The van der Waals surface area contributed by atoms with Crippen LogP contribution in [0, 0.1) is 11.3 Å². The lowest BCUT2D eigenvalue weighted by Gasteiger charge is -2.40. The van der Waals surface area contributed by atoms with Crippen LogP contribution in [-0.2, 0) is 6.18 Å². The van der Waals surface area contributed by atoms with Gasteiger partial charge in [0.05, 0.1) is 12.4 Å². The molecule has 2 atom stereocenters. The monoisotopic (exact) mass is 430 g/mol. The van der Waals surface area contributed by atoms with Crippen molar-refractivity contribution < 1.29 is 13.2 Å². The highest BCUT2D eigenvalue weighted by atomic mass is 19.4. The van der Waals surface area contributed by atoms with E-state index in [1.165, 1.54) is 23.0 Å². The zero-order valence-electron chi connectivity index (χ0n) is 16.7. The van der Waals surface area contributed by atoms with E-state index in [9.17, 15) is 13.2 Å². The van der Waals surface area contributed by atoms with Crippen LogP contribution < -0.4 is 10.6 Å². The molecule has 1 aliphatic heterocycles. The molecule has 0 aliphatic carbocycles. The van der Waals surface area contributed by atoms with Gasteiger partial charge in [-0.3, -0.25) is 4.40 Å². The van der Waals surface area contributed by atoms with Crippen molar-refractivity contribution >= 4 is 17.7 Å². The van der Waals surface area contributed by atoms with E-state index in [1.54, 1.807) is 12.3 Å². The Labute approximate surface area is 176 Å². The number of nitrogens with one attached hydrogen (secondary N) is 1. The molecule has 0 bridgehead atoms. The third kappa shape index (κ3) is 3.82. The van der Waals surface area contributed by atoms with Crippen LogP contribution in [0.2, 0.25) is 0 Å². The average molecular weight is 430 g/mol. The van der Waals surface area contributed by atoms with Crippen LogP contribution in [0.3, 0.4) is 0 Å². The Morgan fingerprint density at radius 3 is 2.77 bits per heavy atom. The number of halogens is 3. The number of imidazole rings is 1. The lowest BCUT2D eigenvalue weighted by atomic mass is 9.84. The highest BCUT2D eigenvalue weighted by Gasteiger charge is 2.33. The van der Waals surface area contributed by atoms with Crippen LogP contribution >= 0.6 is 0 Å². The summed E-state index contributed by atoms with van der Waals surface area (Å²) in [6.45, 7) is 2.81. The fraction of sp³-hybridized carbons (Fsp3) is 0.350. The van der Waals surface area contributed by atoms with Crippen molar-refractivity contribution in [3.05, 3.63) is 48.3 Å². The Bertz CT molecular complexity index is 1140. The number of piperidine rings is 1. The van der Waals surface area contributed by atoms with Gasteiger partial charge in [-0.05, 0) is 37.6 Å². The summed E-state index contributed by atoms with van der Waals surface area (Å²) in [5, 5.41) is 7.61. The van der Waals surface area contributed by atoms with Crippen LogP contribution in [0.1, 0.15) is 25.5 Å². The molecule has 3 N–H and O–H groups in total. The van der Waals surface area contributed by atoms with Gasteiger partial charge in [0.25, 0.3) is 0 Å². The van der Waals surface area contributed by atoms with Gasteiger partial charge in [0.15, 0.2) is 17.2 Å². The maximum absolute atomic E-state index is 13.1. The number of nitrogens with zero attached hydrogens (tertiary/aromatic N) is 6. The van der Waals surface area contributed by atoms with Crippen molar-refractivity contribution in [2.24, 2.45) is 11.7 Å². The molecule has 3 aromatic heterocycles. The predicted molar refractivity (Wildman–Crippen MR) is 110 cm³/mol. The number of aromatic nitrogens is 5. The third-order valence-electron chi connectivity index (χ3n) is 5.63. The Morgan fingerprint density at radius 2 is 2.06 bits per heavy atom. The molecule has 4 rings (SSSR count).